The second kappa shape index (κ2) is 5.36. The fraction of sp³-hybridized carbons (Fsp3) is 0.294. The molecule has 0 aliphatic carbocycles. The van der Waals surface area contributed by atoms with Crippen molar-refractivity contribution in [1.29, 1.82) is 5.26 Å². The van der Waals surface area contributed by atoms with Crippen LogP contribution in [0.1, 0.15) is 24.3 Å². The van der Waals surface area contributed by atoms with Gasteiger partial charge < -0.3 is 9.88 Å². The number of H-pyrrole nitrogens is 1. The first kappa shape index (κ1) is 13.7. The van der Waals surface area contributed by atoms with Crippen molar-refractivity contribution in [3.63, 3.8) is 0 Å². The van der Waals surface area contributed by atoms with Crippen LogP contribution >= 0.6 is 0 Å². The van der Waals surface area contributed by atoms with E-state index in [1.54, 1.807) is 17.3 Å². The van der Waals surface area contributed by atoms with Crippen molar-refractivity contribution >= 4 is 27.8 Å². The van der Waals surface area contributed by atoms with Crippen molar-refractivity contribution in [2.45, 2.75) is 18.8 Å². The van der Waals surface area contributed by atoms with Gasteiger partial charge in [-0.05, 0) is 24.1 Å². The first-order chi connectivity index (χ1) is 11.3. The van der Waals surface area contributed by atoms with Gasteiger partial charge in [0.2, 0.25) is 5.91 Å². The molecule has 1 fully saturated rings. The number of hydrogen-bond acceptors (Lipinski definition) is 4. The van der Waals surface area contributed by atoms with Crippen LogP contribution in [0.15, 0.2) is 30.7 Å². The van der Waals surface area contributed by atoms with E-state index in [1.165, 1.54) is 5.56 Å². The zero-order valence-corrected chi connectivity index (χ0v) is 12.5. The number of likely N-dealkylation sites (tertiary alicyclic amines) is 1. The van der Waals surface area contributed by atoms with E-state index in [0.29, 0.717) is 13.1 Å². The highest BCUT2D eigenvalue weighted by atomic mass is 16.2. The van der Waals surface area contributed by atoms with Crippen molar-refractivity contribution in [3.05, 3.63) is 36.3 Å². The molecule has 3 aromatic rings. The van der Waals surface area contributed by atoms with Gasteiger partial charge in [-0.3, -0.25) is 9.78 Å². The maximum absolute atomic E-state index is 11.9. The number of pyridine rings is 2. The molecule has 4 rings (SSSR count). The number of rotatable bonds is 2. The minimum absolute atomic E-state index is 0.0458. The van der Waals surface area contributed by atoms with Crippen molar-refractivity contribution in [2.24, 2.45) is 0 Å². The first-order valence-electron chi connectivity index (χ1n) is 7.63. The maximum atomic E-state index is 11.9. The molecule has 6 nitrogen and oxygen atoms in total. The Balaban J connectivity index is 1.76. The summed E-state index contributed by atoms with van der Waals surface area (Å²) < 4.78 is 0. The number of carbonyl (C=O) groups is 1. The summed E-state index contributed by atoms with van der Waals surface area (Å²) in [5.41, 5.74) is 2.92. The predicted octanol–water partition coefficient (Wildman–Crippen LogP) is 2.34. The molecule has 1 amide bonds. The molecule has 6 heteroatoms. The number of amides is 1. The normalized spacial score (nSPS) is 17.7. The Bertz CT molecular complexity index is 939. The molecule has 1 N–H and O–H groups in total. The Morgan fingerprint density at radius 1 is 1.43 bits per heavy atom. The Hall–Kier alpha value is -2.94. The summed E-state index contributed by atoms with van der Waals surface area (Å²) >= 11 is 0. The lowest BCUT2D eigenvalue weighted by molar-refractivity contribution is -0.129. The molecule has 1 saturated heterocycles. The highest BCUT2D eigenvalue weighted by molar-refractivity contribution is 6.05. The number of nitrogens with zero attached hydrogens (tertiary/aromatic N) is 4. The van der Waals surface area contributed by atoms with E-state index in [2.05, 4.69) is 15.0 Å². The van der Waals surface area contributed by atoms with E-state index in [4.69, 9.17) is 5.26 Å². The van der Waals surface area contributed by atoms with Crippen LogP contribution in [0.2, 0.25) is 0 Å². The number of carbonyl (C=O) groups excluding carboxylic acids is 1. The summed E-state index contributed by atoms with van der Waals surface area (Å²) in [7, 11) is 0. The summed E-state index contributed by atoms with van der Waals surface area (Å²) in [5.74, 6) is 0.186. The monoisotopic (exact) mass is 305 g/mol. The lowest BCUT2D eigenvalue weighted by atomic mass is 9.94. The fourth-order valence-corrected chi connectivity index (χ4v) is 3.44. The number of fused-ring (bicyclic) bond motifs is 3. The number of aromatic nitrogens is 3. The smallest absolute Gasteiger partial charge is 0.236 e. The molecule has 114 valence electrons. The largest absolute Gasteiger partial charge is 0.346 e. The summed E-state index contributed by atoms with van der Waals surface area (Å²) in [5, 5.41) is 10.9. The van der Waals surface area contributed by atoms with Crippen LogP contribution in [0.25, 0.3) is 21.9 Å². The van der Waals surface area contributed by atoms with Crippen LogP contribution in [0.3, 0.4) is 0 Å². The molecule has 1 unspecified atom stereocenters. The van der Waals surface area contributed by atoms with Crippen LogP contribution in [0, 0.1) is 11.3 Å². The van der Waals surface area contributed by atoms with Gasteiger partial charge in [0.05, 0.1) is 17.8 Å². The molecule has 0 aromatic carbocycles. The molecule has 0 bridgehead atoms. The van der Waals surface area contributed by atoms with Crippen LogP contribution in [0.5, 0.6) is 0 Å². The fourth-order valence-electron chi connectivity index (χ4n) is 3.44. The zero-order chi connectivity index (χ0) is 15.8. The van der Waals surface area contributed by atoms with Crippen LogP contribution in [0.4, 0.5) is 0 Å². The van der Waals surface area contributed by atoms with Crippen LogP contribution in [-0.2, 0) is 4.79 Å². The lowest BCUT2D eigenvalue weighted by Gasteiger charge is -2.16. The molecule has 3 aromatic heterocycles. The molecular formula is C17H15N5O. The van der Waals surface area contributed by atoms with Crippen molar-refractivity contribution < 1.29 is 4.79 Å². The average molecular weight is 305 g/mol. The minimum Gasteiger partial charge on any atom is -0.346 e. The van der Waals surface area contributed by atoms with Gasteiger partial charge in [-0.2, -0.15) is 5.26 Å². The van der Waals surface area contributed by atoms with Crippen molar-refractivity contribution in [3.8, 4) is 6.07 Å². The Morgan fingerprint density at radius 3 is 3.22 bits per heavy atom. The third-order valence-corrected chi connectivity index (χ3v) is 4.53. The Morgan fingerprint density at radius 2 is 2.35 bits per heavy atom. The lowest BCUT2D eigenvalue weighted by Crippen LogP contribution is -2.27. The van der Waals surface area contributed by atoms with Crippen LogP contribution in [-0.4, -0.2) is 38.8 Å². The number of nitrogens with one attached hydrogen (secondary N) is 1. The van der Waals surface area contributed by atoms with Gasteiger partial charge in [0, 0.05) is 42.2 Å². The van der Waals surface area contributed by atoms with Crippen LogP contribution < -0.4 is 0 Å². The SMILES string of the molecule is N#CCC(=O)N1CCC(c2ccnc3cnc4[nH]ccc4c23)C1. The molecule has 1 aliphatic heterocycles. The molecule has 0 saturated carbocycles. The molecule has 23 heavy (non-hydrogen) atoms. The standard InChI is InChI=1S/C17H15N5O/c18-5-1-15(23)22-8-4-11(10-22)12-2-6-19-14-9-21-17-13(16(12)14)3-7-20-17/h2-3,6-7,9,11H,1,4,8,10H2,(H,20,21). The Labute approximate surface area is 132 Å². The zero-order valence-electron chi connectivity index (χ0n) is 12.5. The quantitative estimate of drug-likeness (QED) is 0.787. The number of hydrogen-bond donors (Lipinski definition) is 1. The molecule has 4 heterocycles. The van der Waals surface area contributed by atoms with E-state index in [0.717, 1.165) is 28.4 Å². The summed E-state index contributed by atoms with van der Waals surface area (Å²) in [4.78, 5) is 25.7. The van der Waals surface area contributed by atoms with E-state index < -0.39 is 0 Å². The van der Waals surface area contributed by atoms with E-state index in [-0.39, 0.29) is 18.2 Å². The highest BCUT2D eigenvalue weighted by Crippen LogP contribution is 2.34. The molecule has 1 atom stereocenters. The molecule has 0 radical (unpaired) electrons. The van der Waals surface area contributed by atoms with Gasteiger partial charge in [0.15, 0.2) is 0 Å². The van der Waals surface area contributed by atoms with Gasteiger partial charge in [-0.15, -0.1) is 0 Å². The second-order valence-electron chi connectivity index (χ2n) is 5.82. The van der Waals surface area contributed by atoms with E-state index in [1.807, 2.05) is 24.4 Å². The van der Waals surface area contributed by atoms with Gasteiger partial charge in [-0.25, -0.2) is 4.98 Å². The predicted molar refractivity (Wildman–Crippen MR) is 85.6 cm³/mol. The van der Waals surface area contributed by atoms with Crippen molar-refractivity contribution in [2.75, 3.05) is 13.1 Å². The third-order valence-electron chi connectivity index (χ3n) is 4.53. The van der Waals surface area contributed by atoms with Gasteiger partial charge in [0.1, 0.15) is 12.1 Å². The maximum Gasteiger partial charge on any atom is 0.236 e. The topological polar surface area (TPSA) is 85.7 Å². The number of aromatic amines is 1. The van der Waals surface area contributed by atoms with Crippen molar-refractivity contribution in [1.82, 2.24) is 19.9 Å². The molecule has 1 aliphatic rings. The summed E-state index contributed by atoms with van der Waals surface area (Å²) in [6.07, 6.45) is 6.33. The number of nitriles is 1. The highest BCUT2D eigenvalue weighted by Gasteiger charge is 2.28. The third kappa shape index (κ3) is 2.21. The van der Waals surface area contributed by atoms with Gasteiger partial charge >= 0.3 is 0 Å². The minimum atomic E-state index is -0.0816. The van der Waals surface area contributed by atoms with E-state index >= 15 is 0 Å². The molecular weight excluding hydrogens is 290 g/mol. The van der Waals surface area contributed by atoms with Gasteiger partial charge in [-0.1, -0.05) is 0 Å². The summed E-state index contributed by atoms with van der Waals surface area (Å²) in [6.45, 7) is 1.37. The van der Waals surface area contributed by atoms with E-state index in [9.17, 15) is 4.79 Å². The summed E-state index contributed by atoms with van der Waals surface area (Å²) in [6, 6.07) is 5.99. The Kier molecular flexibility index (Phi) is 3.19. The molecule has 0 spiro atoms. The average Bonchev–Trinajstić information content (AvgIpc) is 3.23. The second-order valence-corrected chi connectivity index (χ2v) is 5.82. The van der Waals surface area contributed by atoms with Gasteiger partial charge in [0.25, 0.3) is 0 Å². The first-order valence-corrected chi connectivity index (χ1v) is 7.63.